The first-order valence-electron chi connectivity index (χ1n) is 7.32. The Morgan fingerprint density at radius 1 is 1.48 bits per heavy atom. The van der Waals surface area contributed by atoms with Gasteiger partial charge in [0.05, 0.1) is 18.1 Å². The van der Waals surface area contributed by atoms with Gasteiger partial charge in [-0.1, -0.05) is 0 Å². The van der Waals surface area contributed by atoms with Crippen LogP contribution in [0.25, 0.3) is 0 Å². The smallest absolute Gasteiger partial charge is 0.407 e. The first-order chi connectivity index (χ1) is 9.84. The fraction of sp³-hybridized carbons (Fsp3) is 0.800. The van der Waals surface area contributed by atoms with E-state index in [2.05, 4.69) is 22.4 Å². The Balaban J connectivity index is 2.34. The van der Waals surface area contributed by atoms with Crippen LogP contribution in [0.4, 0.5) is 4.79 Å². The maximum absolute atomic E-state index is 11.7. The second-order valence-corrected chi connectivity index (χ2v) is 6.41. The molecule has 0 aromatic carbocycles. The summed E-state index contributed by atoms with van der Waals surface area (Å²) in [5.41, 5.74) is -0.494. The van der Waals surface area contributed by atoms with E-state index in [9.17, 15) is 4.79 Å². The quantitative estimate of drug-likeness (QED) is 0.837. The monoisotopic (exact) mass is 292 g/mol. The molecule has 1 aliphatic rings. The second-order valence-electron chi connectivity index (χ2n) is 6.41. The third-order valence-corrected chi connectivity index (χ3v) is 3.26. The molecule has 1 aliphatic heterocycles. The van der Waals surface area contributed by atoms with Gasteiger partial charge < -0.3 is 10.1 Å². The number of hydrogen-bond donors (Lipinski definition) is 1. The molecule has 2 atom stereocenters. The van der Waals surface area contributed by atoms with Crippen molar-refractivity contribution in [3.05, 3.63) is 0 Å². The van der Waals surface area contributed by atoms with E-state index in [1.54, 1.807) is 0 Å². The third-order valence-electron chi connectivity index (χ3n) is 3.26. The summed E-state index contributed by atoms with van der Waals surface area (Å²) in [5.74, 6) is -0.120. The van der Waals surface area contributed by atoms with E-state index in [-0.39, 0.29) is 12.0 Å². The van der Waals surface area contributed by atoms with Gasteiger partial charge in [0, 0.05) is 32.1 Å². The maximum atomic E-state index is 11.7. The molecule has 1 fully saturated rings. The Kier molecular flexibility index (Phi) is 6.45. The molecule has 0 aliphatic carbocycles. The highest BCUT2D eigenvalue weighted by molar-refractivity contribution is 5.68. The third kappa shape index (κ3) is 6.97. The van der Waals surface area contributed by atoms with Gasteiger partial charge in [-0.15, -0.1) is 0 Å². The van der Waals surface area contributed by atoms with Crippen LogP contribution < -0.4 is 5.32 Å². The standard InChI is InChI=1S/C15H24N4O2/c1-15(2,3)21-14(20)18-13-6-8-19(11-13)10-12(9-17)5-4-7-16/h12-13H,4-6,8,10-11H2,1-3H3,(H,18,20)/t12-,13+/m1/s1. The molecule has 6 nitrogen and oxygen atoms in total. The Morgan fingerprint density at radius 2 is 2.19 bits per heavy atom. The second kappa shape index (κ2) is 7.85. The normalized spacial score (nSPS) is 20.3. The van der Waals surface area contributed by atoms with Gasteiger partial charge in [-0.2, -0.15) is 10.5 Å². The van der Waals surface area contributed by atoms with Crippen LogP contribution in [0.2, 0.25) is 0 Å². The van der Waals surface area contributed by atoms with Gasteiger partial charge in [0.2, 0.25) is 0 Å². The van der Waals surface area contributed by atoms with Gasteiger partial charge in [0.1, 0.15) is 5.60 Å². The predicted molar refractivity (Wildman–Crippen MR) is 78.2 cm³/mol. The molecule has 21 heavy (non-hydrogen) atoms. The molecule has 6 heteroatoms. The van der Waals surface area contributed by atoms with Crippen LogP contribution in [0.1, 0.15) is 40.0 Å². The average Bonchev–Trinajstić information content (AvgIpc) is 2.79. The molecule has 1 rings (SSSR count). The lowest BCUT2D eigenvalue weighted by atomic mass is 10.1. The molecule has 0 aromatic heterocycles. The average molecular weight is 292 g/mol. The van der Waals surface area contributed by atoms with Crippen LogP contribution in [0.15, 0.2) is 0 Å². The first-order valence-corrected chi connectivity index (χ1v) is 7.32. The lowest BCUT2D eigenvalue weighted by Crippen LogP contribution is -2.41. The number of hydrogen-bond acceptors (Lipinski definition) is 5. The number of rotatable bonds is 5. The zero-order valence-electron chi connectivity index (χ0n) is 13.1. The number of amides is 1. The highest BCUT2D eigenvalue weighted by Crippen LogP contribution is 2.15. The lowest BCUT2D eigenvalue weighted by Gasteiger charge is -2.22. The molecule has 1 amide bonds. The minimum absolute atomic E-state index is 0.0650. The van der Waals surface area contributed by atoms with Gasteiger partial charge in [-0.05, 0) is 33.6 Å². The number of alkyl carbamates (subject to hydrolysis) is 1. The highest BCUT2D eigenvalue weighted by atomic mass is 16.6. The number of carbonyl (C=O) groups excluding carboxylic acids is 1. The predicted octanol–water partition coefficient (Wildman–Crippen LogP) is 2.03. The van der Waals surface area contributed by atoms with Crippen LogP contribution in [0, 0.1) is 28.6 Å². The van der Waals surface area contributed by atoms with Gasteiger partial charge >= 0.3 is 6.09 Å². The number of carbonyl (C=O) groups is 1. The van der Waals surface area contributed by atoms with Crippen molar-refractivity contribution in [2.75, 3.05) is 19.6 Å². The lowest BCUT2D eigenvalue weighted by molar-refractivity contribution is 0.0505. The zero-order chi connectivity index (χ0) is 15.9. The Labute approximate surface area is 126 Å². The van der Waals surface area contributed by atoms with Crippen LogP contribution >= 0.6 is 0 Å². The van der Waals surface area contributed by atoms with Crippen molar-refractivity contribution in [2.24, 2.45) is 5.92 Å². The van der Waals surface area contributed by atoms with Crippen molar-refractivity contribution < 1.29 is 9.53 Å². The SMILES string of the molecule is CC(C)(C)OC(=O)N[C@H]1CCN(C[C@@H](C#N)CCC#N)C1. The van der Waals surface area contributed by atoms with E-state index < -0.39 is 11.7 Å². The Morgan fingerprint density at radius 3 is 2.76 bits per heavy atom. The van der Waals surface area contributed by atoms with Crippen molar-refractivity contribution in [3.8, 4) is 12.1 Å². The molecule has 0 bridgehead atoms. The fourth-order valence-electron chi connectivity index (χ4n) is 2.34. The summed E-state index contributed by atoms with van der Waals surface area (Å²) in [6.45, 7) is 7.74. The van der Waals surface area contributed by atoms with Crippen molar-refractivity contribution in [1.29, 1.82) is 10.5 Å². The van der Waals surface area contributed by atoms with E-state index in [1.807, 2.05) is 20.8 Å². The molecule has 116 valence electrons. The van der Waals surface area contributed by atoms with Crippen molar-refractivity contribution >= 4 is 6.09 Å². The fourth-order valence-corrected chi connectivity index (χ4v) is 2.34. The number of nitrogens with one attached hydrogen (secondary N) is 1. The van der Waals surface area contributed by atoms with Crippen molar-refractivity contribution in [3.63, 3.8) is 0 Å². The highest BCUT2D eigenvalue weighted by Gasteiger charge is 2.27. The summed E-state index contributed by atoms with van der Waals surface area (Å²) in [6.07, 6.45) is 1.48. The maximum Gasteiger partial charge on any atom is 0.407 e. The largest absolute Gasteiger partial charge is 0.444 e. The van der Waals surface area contributed by atoms with E-state index in [4.69, 9.17) is 15.3 Å². The minimum atomic E-state index is -0.494. The van der Waals surface area contributed by atoms with E-state index in [0.717, 1.165) is 19.5 Å². The summed E-state index contributed by atoms with van der Waals surface area (Å²) in [5, 5.41) is 20.5. The summed E-state index contributed by atoms with van der Waals surface area (Å²) in [4.78, 5) is 13.9. The van der Waals surface area contributed by atoms with Gasteiger partial charge in [-0.25, -0.2) is 4.79 Å². The van der Waals surface area contributed by atoms with Gasteiger partial charge in [0.15, 0.2) is 0 Å². The molecule has 1 heterocycles. The number of ether oxygens (including phenoxy) is 1. The molecule has 0 aromatic rings. The van der Waals surface area contributed by atoms with Crippen LogP contribution in [-0.2, 0) is 4.74 Å². The molecule has 1 saturated heterocycles. The minimum Gasteiger partial charge on any atom is -0.444 e. The van der Waals surface area contributed by atoms with Crippen LogP contribution in [-0.4, -0.2) is 42.3 Å². The first kappa shape index (κ1) is 17.3. The van der Waals surface area contributed by atoms with E-state index >= 15 is 0 Å². The number of likely N-dealkylation sites (tertiary alicyclic amines) is 1. The van der Waals surface area contributed by atoms with Crippen molar-refractivity contribution in [2.45, 2.75) is 51.7 Å². The van der Waals surface area contributed by atoms with Crippen molar-refractivity contribution in [1.82, 2.24) is 10.2 Å². The molecular formula is C15H24N4O2. The number of nitriles is 2. The van der Waals surface area contributed by atoms with Gasteiger partial charge in [0.25, 0.3) is 0 Å². The van der Waals surface area contributed by atoms with E-state index in [0.29, 0.717) is 19.4 Å². The molecule has 0 unspecified atom stereocenters. The summed E-state index contributed by atoms with van der Waals surface area (Å²) in [6, 6.07) is 4.38. The topological polar surface area (TPSA) is 89.2 Å². The van der Waals surface area contributed by atoms with Gasteiger partial charge in [-0.3, -0.25) is 4.90 Å². The molecular weight excluding hydrogens is 268 g/mol. The molecule has 0 spiro atoms. The van der Waals surface area contributed by atoms with Crippen LogP contribution in [0.5, 0.6) is 0 Å². The molecule has 0 saturated carbocycles. The summed E-state index contributed by atoms with van der Waals surface area (Å²) < 4.78 is 5.23. The Bertz CT molecular complexity index is 430. The summed E-state index contributed by atoms with van der Waals surface area (Å²) in [7, 11) is 0. The molecule has 0 radical (unpaired) electrons. The van der Waals surface area contributed by atoms with Crippen LogP contribution in [0.3, 0.4) is 0 Å². The number of nitrogens with zero attached hydrogens (tertiary/aromatic N) is 3. The Hall–Kier alpha value is -1.79. The molecule has 1 N–H and O–H groups in total. The summed E-state index contributed by atoms with van der Waals surface area (Å²) >= 11 is 0. The van der Waals surface area contributed by atoms with E-state index in [1.165, 1.54) is 0 Å². The zero-order valence-corrected chi connectivity index (χ0v) is 13.1.